The van der Waals surface area contributed by atoms with Crippen molar-refractivity contribution in [2.45, 2.75) is 19.0 Å². The van der Waals surface area contributed by atoms with E-state index in [1.165, 1.54) is 18.2 Å². The number of hydrogen-bond donors (Lipinski definition) is 0. The van der Waals surface area contributed by atoms with Gasteiger partial charge < -0.3 is 0 Å². The van der Waals surface area contributed by atoms with Gasteiger partial charge in [-0.15, -0.1) is 0 Å². The molecule has 0 radical (unpaired) electrons. The Bertz CT molecular complexity index is 754. The molecule has 1 amide bonds. The van der Waals surface area contributed by atoms with Crippen molar-refractivity contribution in [1.82, 2.24) is 0 Å². The van der Waals surface area contributed by atoms with Crippen molar-refractivity contribution in [3.8, 4) is 0 Å². The Kier molecular flexibility index (Phi) is 3.90. The van der Waals surface area contributed by atoms with Crippen LogP contribution < -0.4 is 5.01 Å². The minimum absolute atomic E-state index is 0.125. The summed E-state index contributed by atoms with van der Waals surface area (Å²) in [6.45, 7) is 0. The number of carbonyl (C=O) groups excluding carboxylic acids is 1. The van der Waals surface area contributed by atoms with Crippen LogP contribution in [-0.2, 0) is 11.0 Å². The lowest BCUT2D eigenvalue weighted by Crippen LogP contribution is -2.33. The maximum absolute atomic E-state index is 13.2. The third-order valence-corrected chi connectivity index (χ3v) is 3.58. The molecule has 1 heterocycles. The Labute approximate surface area is 131 Å². The molecular weight excluding hydrogens is 305 g/mol. The van der Waals surface area contributed by atoms with Gasteiger partial charge >= 0.3 is 6.18 Å². The van der Waals surface area contributed by atoms with E-state index < -0.39 is 17.6 Å². The summed E-state index contributed by atoms with van der Waals surface area (Å²) in [6.07, 6.45) is -4.01. The molecule has 3 rings (SSSR count). The fraction of sp³-hybridized carbons (Fsp3) is 0.176. The lowest BCUT2D eigenvalue weighted by atomic mass is 10.0. The molecule has 2 aromatic rings. The average Bonchev–Trinajstić information content (AvgIpc) is 2.55. The monoisotopic (exact) mass is 318 g/mol. The number of hydrazone groups is 1. The second-order valence-corrected chi connectivity index (χ2v) is 5.13. The summed E-state index contributed by atoms with van der Waals surface area (Å²) in [5, 5.41) is 5.05. The van der Waals surface area contributed by atoms with Gasteiger partial charge in [0.15, 0.2) is 0 Å². The van der Waals surface area contributed by atoms with Gasteiger partial charge in [0.2, 0.25) is 5.91 Å². The molecule has 0 saturated carbocycles. The predicted octanol–water partition coefficient (Wildman–Crippen LogP) is 4.24. The van der Waals surface area contributed by atoms with E-state index in [1.807, 2.05) is 30.3 Å². The first kappa shape index (κ1) is 15.3. The Morgan fingerprint density at radius 1 is 0.913 bits per heavy atom. The van der Waals surface area contributed by atoms with E-state index in [4.69, 9.17) is 0 Å². The van der Waals surface area contributed by atoms with Crippen LogP contribution in [0.1, 0.15) is 24.0 Å². The van der Waals surface area contributed by atoms with Crippen LogP contribution in [0.25, 0.3) is 0 Å². The fourth-order valence-electron chi connectivity index (χ4n) is 2.48. The molecule has 118 valence electrons. The topological polar surface area (TPSA) is 32.7 Å². The third-order valence-electron chi connectivity index (χ3n) is 3.58. The van der Waals surface area contributed by atoms with E-state index >= 15 is 0 Å². The van der Waals surface area contributed by atoms with E-state index in [0.717, 1.165) is 16.6 Å². The molecule has 0 aliphatic carbocycles. The van der Waals surface area contributed by atoms with Crippen LogP contribution in [0.2, 0.25) is 0 Å². The molecule has 0 saturated heterocycles. The number of amides is 1. The molecule has 0 atom stereocenters. The Morgan fingerprint density at radius 3 is 2.26 bits per heavy atom. The number of rotatable bonds is 2. The molecule has 2 aromatic carbocycles. The lowest BCUT2D eigenvalue weighted by molar-refractivity contribution is -0.137. The molecule has 3 nitrogen and oxygen atoms in total. The highest BCUT2D eigenvalue weighted by atomic mass is 19.4. The van der Waals surface area contributed by atoms with Crippen molar-refractivity contribution in [2.75, 3.05) is 5.01 Å². The highest BCUT2D eigenvalue weighted by Crippen LogP contribution is 2.37. The number of nitrogens with zero attached hydrogens (tertiary/aromatic N) is 2. The summed E-state index contributed by atoms with van der Waals surface area (Å²) in [4.78, 5) is 12.1. The number of alkyl halides is 3. The van der Waals surface area contributed by atoms with Gasteiger partial charge in [-0.2, -0.15) is 23.3 Å². The fourth-order valence-corrected chi connectivity index (χ4v) is 2.48. The molecule has 1 aliphatic heterocycles. The summed E-state index contributed by atoms with van der Waals surface area (Å²) in [7, 11) is 0. The normalized spacial score (nSPS) is 15.5. The Morgan fingerprint density at radius 2 is 1.57 bits per heavy atom. The quantitative estimate of drug-likeness (QED) is 0.815. The molecule has 6 heteroatoms. The Balaban J connectivity index is 2.07. The van der Waals surface area contributed by atoms with Gasteiger partial charge in [0.1, 0.15) is 0 Å². The molecule has 1 aliphatic rings. The minimum Gasteiger partial charge on any atom is -0.273 e. The highest BCUT2D eigenvalue weighted by Gasteiger charge is 2.36. The molecular formula is C17H13F3N2O. The van der Waals surface area contributed by atoms with Crippen molar-refractivity contribution in [2.24, 2.45) is 5.10 Å². The highest BCUT2D eigenvalue weighted by molar-refractivity contribution is 6.08. The standard InChI is InChI=1S/C17H13F3N2O/c18-17(19,20)13-8-4-5-9-15(13)22-16(23)11-10-14(21-22)12-6-2-1-3-7-12/h1-9H,10-11H2. The van der Waals surface area contributed by atoms with Crippen LogP contribution in [0, 0.1) is 0 Å². The van der Waals surface area contributed by atoms with Crippen molar-refractivity contribution in [3.63, 3.8) is 0 Å². The summed E-state index contributed by atoms with van der Waals surface area (Å²) >= 11 is 0. The zero-order valence-electron chi connectivity index (χ0n) is 12.0. The number of halogens is 3. The molecule has 0 aromatic heterocycles. The van der Waals surface area contributed by atoms with Crippen LogP contribution >= 0.6 is 0 Å². The number of anilines is 1. The third kappa shape index (κ3) is 3.11. The van der Waals surface area contributed by atoms with Gasteiger partial charge in [-0.1, -0.05) is 42.5 Å². The molecule has 0 spiro atoms. The van der Waals surface area contributed by atoms with E-state index in [9.17, 15) is 18.0 Å². The van der Waals surface area contributed by atoms with E-state index in [-0.39, 0.29) is 12.1 Å². The second kappa shape index (κ2) is 5.87. The zero-order chi connectivity index (χ0) is 16.4. The molecule has 0 unspecified atom stereocenters. The second-order valence-electron chi connectivity index (χ2n) is 5.13. The Hall–Kier alpha value is -2.63. The van der Waals surface area contributed by atoms with Crippen molar-refractivity contribution < 1.29 is 18.0 Å². The maximum Gasteiger partial charge on any atom is 0.418 e. The first-order chi connectivity index (χ1) is 11.0. The molecule has 0 N–H and O–H groups in total. The van der Waals surface area contributed by atoms with E-state index in [0.29, 0.717) is 12.1 Å². The van der Waals surface area contributed by atoms with E-state index in [1.54, 1.807) is 0 Å². The van der Waals surface area contributed by atoms with Gasteiger partial charge in [-0.25, -0.2) is 0 Å². The smallest absolute Gasteiger partial charge is 0.273 e. The van der Waals surface area contributed by atoms with Crippen LogP contribution in [0.15, 0.2) is 59.7 Å². The van der Waals surface area contributed by atoms with Gasteiger partial charge in [0.25, 0.3) is 0 Å². The van der Waals surface area contributed by atoms with Crippen molar-refractivity contribution >= 4 is 17.3 Å². The number of para-hydroxylation sites is 1. The largest absolute Gasteiger partial charge is 0.418 e. The van der Waals surface area contributed by atoms with Crippen molar-refractivity contribution in [1.29, 1.82) is 0 Å². The van der Waals surface area contributed by atoms with Crippen LogP contribution in [-0.4, -0.2) is 11.6 Å². The molecule has 0 fully saturated rings. The number of benzene rings is 2. The van der Waals surface area contributed by atoms with Crippen molar-refractivity contribution in [3.05, 3.63) is 65.7 Å². The first-order valence-corrected chi connectivity index (χ1v) is 7.09. The molecule has 0 bridgehead atoms. The summed E-state index contributed by atoms with van der Waals surface area (Å²) in [5.41, 5.74) is 0.293. The number of hydrogen-bond acceptors (Lipinski definition) is 2. The SMILES string of the molecule is O=C1CCC(c2ccccc2)=NN1c1ccccc1C(F)(F)F. The molecule has 23 heavy (non-hydrogen) atoms. The minimum atomic E-state index is -4.54. The average molecular weight is 318 g/mol. The van der Waals surface area contributed by atoms with E-state index in [2.05, 4.69) is 5.10 Å². The first-order valence-electron chi connectivity index (χ1n) is 7.09. The van der Waals surface area contributed by atoms with Crippen LogP contribution in [0.4, 0.5) is 18.9 Å². The van der Waals surface area contributed by atoms with Gasteiger partial charge in [-0.05, 0) is 17.7 Å². The summed E-state index contributed by atoms with van der Waals surface area (Å²) in [6, 6.07) is 14.1. The lowest BCUT2D eigenvalue weighted by Gasteiger charge is -2.26. The maximum atomic E-state index is 13.2. The van der Waals surface area contributed by atoms with Gasteiger partial charge in [0.05, 0.1) is 17.0 Å². The summed E-state index contributed by atoms with van der Waals surface area (Å²) < 4.78 is 39.5. The predicted molar refractivity (Wildman–Crippen MR) is 81.1 cm³/mol. The number of carbonyl (C=O) groups is 1. The van der Waals surface area contributed by atoms with Gasteiger partial charge in [0, 0.05) is 12.8 Å². The van der Waals surface area contributed by atoms with Crippen LogP contribution in [0.5, 0.6) is 0 Å². The summed E-state index contributed by atoms with van der Waals surface area (Å²) in [5.74, 6) is -0.443. The van der Waals surface area contributed by atoms with Crippen LogP contribution in [0.3, 0.4) is 0 Å². The van der Waals surface area contributed by atoms with Gasteiger partial charge in [-0.3, -0.25) is 4.79 Å². The zero-order valence-corrected chi connectivity index (χ0v) is 12.0.